The van der Waals surface area contributed by atoms with Crippen LogP contribution < -0.4 is 19.6 Å². The number of nitrogens with zero attached hydrogens (tertiary/aromatic N) is 3. The fraction of sp³-hybridized carbons (Fsp3) is 0.0952. The van der Waals surface area contributed by atoms with Crippen molar-refractivity contribution in [2.45, 2.75) is 13.8 Å². The van der Waals surface area contributed by atoms with Crippen LogP contribution in [-0.2, 0) is 9.59 Å². The zero-order valence-corrected chi connectivity index (χ0v) is 16.8. The highest BCUT2D eigenvalue weighted by Gasteiger charge is 2.16. The van der Waals surface area contributed by atoms with Gasteiger partial charge in [0.05, 0.1) is 10.1 Å². The molecule has 0 radical (unpaired) electrons. The van der Waals surface area contributed by atoms with Crippen molar-refractivity contribution < 1.29 is 19.1 Å². The molecule has 30 heavy (non-hydrogen) atoms. The van der Waals surface area contributed by atoms with Crippen molar-refractivity contribution in [3.8, 4) is 22.9 Å². The van der Waals surface area contributed by atoms with Gasteiger partial charge in [0, 0.05) is 13.8 Å². The summed E-state index contributed by atoms with van der Waals surface area (Å²) in [6.07, 6.45) is 1.68. The summed E-state index contributed by atoms with van der Waals surface area (Å²) >= 11 is 1.18. The Labute approximate surface area is 174 Å². The Hall–Kier alpha value is -3.85. The molecule has 8 nitrogen and oxygen atoms in total. The highest BCUT2D eigenvalue weighted by molar-refractivity contribution is 7.15. The largest absolute Gasteiger partial charge is 0.427 e. The van der Waals surface area contributed by atoms with Gasteiger partial charge in [-0.25, -0.2) is 0 Å². The zero-order valence-electron chi connectivity index (χ0n) is 16.0. The van der Waals surface area contributed by atoms with Crippen LogP contribution >= 0.6 is 11.3 Å². The molecule has 2 aromatic carbocycles. The van der Waals surface area contributed by atoms with Crippen LogP contribution in [0.1, 0.15) is 19.4 Å². The maximum atomic E-state index is 12.8. The van der Waals surface area contributed by atoms with E-state index in [0.29, 0.717) is 37.9 Å². The summed E-state index contributed by atoms with van der Waals surface area (Å²) in [6.45, 7) is 2.63. The van der Waals surface area contributed by atoms with Gasteiger partial charge in [0.1, 0.15) is 11.5 Å². The molecule has 150 valence electrons. The predicted molar refractivity (Wildman–Crippen MR) is 110 cm³/mol. The lowest BCUT2D eigenvalue weighted by molar-refractivity contribution is -0.132. The van der Waals surface area contributed by atoms with Crippen LogP contribution in [-0.4, -0.2) is 26.5 Å². The zero-order chi connectivity index (χ0) is 21.3. The lowest BCUT2D eigenvalue weighted by atomic mass is 10.2. The minimum absolute atomic E-state index is 0.290. The van der Waals surface area contributed by atoms with E-state index in [-0.39, 0.29) is 5.56 Å². The molecule has 4 rings (SSSR count). The first kappa shape index (κ1) is 19.5. The van der Waals surface area contributed by atoms with Crippen LogP contribution in [0.4, 0.5) is 0 Å². The Balaban J connectivity index is 1.74. The number of hydrogen-bond donors (Lipinski definition) is 0. The number of hydrogen-bond acceptors (Lipinski definition) is 8. The number of ether oxygens (including phenoxy) is 2. The summed E-state index contributed by atoms with van der Waals surface area (Å²) in [5.41, 5.74) is 0.898. The molecule has 0 saturated heterocycles. The first-order valence-electron chi connectivity index (χ1n) is 8.88. The minimum atomic E-state index is -0.458. The van der Waals surface area contributed by atoms with Crippen molar-refractivity contribution in [1.82, 2.24) is 14.6 Å². The summed E-state index contributed by atoms with van der Waals surface area (Å²) in [6, 6.07) is 13.7. The number of esters is 2. The van der Waals surface area contributed by atoms with Gasteiger partial charge in [0.2, 0.25) is 4.96 Å². The number of rotatable bonds is 4. The summed E-state index contributed by atoms with van der Waals surface area (Å²) < 4.78 is 11.9. The molecule has 2 heterocycles. The van der Waals surface area contributed by atoms with Crippen molar-refractivity contribution in [3.05, 3.63) is 69.0 Å². The average molecular weight is 421 g/mol. The van der Waals surface area contributed by atoms with E-state index in [1.165, 1.54) is 29.7 Å². The minimum Gasteiger partial charge on any atom is -0.427 e. The van der Waals surface area contributed by atoms with Gasteiger partial charge < -0.3 is 9.47 Å². The van der Waals surface area contributed by atoms with Crippen LogP contribution in [0, 0.1) is 0 Å². The van der Waals surface area contributed by atoms with E-state index < -0.39 is 11.9 Å². The van der Waals surface area contributed by atoms with Crippen LogP contribution in [0.25, 0.3) is 22.4 Å². The third-order valence-corrected chi connectivity index (χ3v) is 4.94. The standard InChI is InChI=1S/C21H15N3O5S/c1-12(25)28-15-7-5-6-14(10-15)11-18-20(27)24-21(30-18)22-19(23-24)16-8-3-4-9-17(16)29-13(2)26/h3-11H,1-2H3. The Morgan fingerprint density at radius 3 is 2.53 bits per heavy atom. The molecule has 2 aromatic heterocycles. The normalized spacial score (nSPS) is 11.6. The highest BCUT2D eigenvalue weighted by Crippen LogP contribution is 2.27. The molecule has 0 aliphatic carbocycles. The number of carbonyl (C=O) groups is 2. The highest BCUT2D eigenvalue weighted by atomic mass is 32.1. The van der Waals surface area contributed by atoms with Crippen molar-refractivity contribution in [3.63, 3.8) is 0 Å². The molecule has 0 N–H and O–H groups in total. The average Bonchev–Trinajstić information content (AvgIpc) is 3.21. The lowest BCUT2D eigenvalue weighted by Crippen LogP contribution is -2.23. The number of fused-ring (bicyclic) bond motifs is 1. The molecule has 4 aromatic rings. The van der Waals surface area contributed by atoms with Crippen LogP contribution in [0.15, 0.2) is 53.3 Å². The van der Waals surface area contributed by atoms with Crippen LogP contribution in [0.5, 0.6) is 11.5 Å². The van der Waals surface area contributed by atoms with E-state index >= 15 is 0 Å². The molecule has 9 heteroatoms. The van der Waals surface area contributed by atoms with Crippen molar-refractivity contribution in [2.24, 2.45) is 0 Å². The molecule has 0 spiro atoms. The molecule has 0 atom stereocenters. The molecule has 0 unspecified atom stereocenters. The second-order valence-corrected chi connectivity index (χ2v) is 7.31. The van der Waals surface area contributed by atoms with Gasteiger partial charge in [-0.3, -0.25) is 14.4 Å². The predicted octanol–water partition coefficient (Wildman–Crippen LogP) is 2.22. The quantitative estimate of drug-likeness (QED) is 0.368. The number of thiazole rings is 1. The topological polar surface area (TPSA) is 99.9 Å². The smallest absolute Gasteiger partial charge is 0.308 e. The molecule has 0 saturated carbocycles. The van der Waals surface area contributed by atoms with Crippen molar-refractivity contribution in [2.75, 3.05) is 0 Å². The molecule has 0 aliphatic heterocycles. The lowest BCUT2D eigenvalue weighted by Gasteiger charge is -2.04. The number of benzene rings is 2. The van der Waals surface area contributed by atoms with Gasteiger partial charge in [0.15, 0.2) is 5.82 Å². The summed E-state index contributed by atoms with van der Waals surface area (Å²) in [4.78, 5) is 40.1. The van der Waals surface area contributed by atoms with Crippen molar-refractivity contribution in [1.29, 1.82) is 0 Å². The first-order valence-corrected chi connectivity index (χ1v) is 9.70. The van der Waals surface area contributed by atoms with E-state index in [1.807, 2.05) is 0 Å². The van der Waals surface area contributed by atoms with Crippen LogP contribution in [0.2, 0.25) is 0 Å². The van der Waals surface area contributed by atoms with Gasteiger partial charge in [-0.2, -0.15) is 9.50 Å². The van der Waals surface area contributed by atoms with Gasteiger partial charge >= 0.3 is 11.9 Å². The molecule has 0 amide bonds. The third-order valence-electron chi connectivity index (χ3n) is 3.98. The van der Waals surface area contributed by atoms with E-state index in [9.17, 15) is 14.4 Å². The summed E-state index contributed by atoms with van der Waals surface area (Å²) in [5.74, 6) is 0.133. The first-order chi connectivity index (χ1) is 14.4. The summed E-state index contributed by atoms with van der Waals surface area (Å²) in [7, 11) is 0. The van der Waals surface area contributed by atoms with Crippen molar-refractivity contribution >= 4 is 34.3 Å². The Kier molecular flexibility index (Phi) is 5.11. The fourth-order valence-electron chi connectivity index (χ4n) is 2.83. The van der Waals surface area contributed by atoms with Gasteiger partial charge in [-0.1, -0.05) is 35.6 Å². The molecule has 0 aliphatic rings. The maximum absolute atomic E-state index is 12.8. The molecular weight excluding hydrogens is 406 g/mol. The van der Waals surface area contributed by atoms with Gasteiger partial charge in [-0.15, -0.1) is 5.10 Å². The third kappa shape index (κ3) is 3.96. The van der Waals surface area contributed by atoms with Gasteiger partial charge in [-0.05, 0) is 35.9 Å². The Morgan fingerprint density at radius 1 is 1.03 bits per heavy atom. The molecule has 0 bridgehead atoms. The van der Waals surface area contributed by atoms with E-state index in [2.05, 4.69) is 10.1 Å². The maximum Gasteiger partial charge on any atom is 0.308 e. The SMILES string of the molecule is CC(=O)Oc1cccc(C=c2sc3nc(-c4ccccc4OC(C)=O)nn3c2=O)c1. The second kappa shape index (κ2) is 7.88. The Bertz CT molecular complexity index is 1390. The van der Waals surface area contributed by atoms with Gasteiger partial charge in [0.25, 0.3) is 5.56 Å². The molecule has 0 fully saturated rings. The van der Waals surface area contributed by atoms with Crippen LogP contribution in [0.3, 0.4) is 0 Å². The Morgan fingerprint density at radius 2 is 1.80 bits per heavy atom. The van der Waals surface area contributed by atoms with E-state index in [1.54, 1.807) is 54.6 Å². The number of carbonyl (C=O) groups excluding carboxylic acids is 2. The molecular formula is C21H15N3O5S. The van der Waals surface area contributed by atoms with E-state index in [4.69, 9.17) is 9.47 Å². The summed E-state index contributed by atoms with van der Waals surface area (Å²) in [5, 5.41) is 4.29. The monoisotopic (exact) mass is 421 g/mol. The number of para-hydroxylation sites is 1. The fourth-order valence-corrected chi connectivity index (χ4v) is 3.74. The number of aromatic nitrogens is 3. The second-order valence-electron chi connectivity index (χ2n) is 6.30. The van der Waals surface area contributed by atoms with E-state index in [0.717, 1.165) is 0 Å².